The van der Waals surface area contributed by atoms with Gasteiger partial charge < -0.3 is 10.6 Å². The molecular formula is C22H21BrClN5O4S. The number of aromatic nitrogens is 2. The number of nitrogens with zero attached hydrogens (tertiary/aromatic N) is 2. The highest BCUT2D eigenvalue weighted by Gasteiger charge is 2.31. The quantitative estimate of drug-likeness (QED) is 0.420. The van der Waals surface area contributed by atoms with Crippen LogP contribution in [0.2, 0.25) is 5.02 Å². The van der Waals surface area contributed by atoms with E-state index in [1.54, 1.807) is 54.6 Å². The van der Waals surface area contributed by atoms with E-state index in [0.29, 0.717) is 35.4 Å². The van der Waals surface area contributed by atoms with Crippen LogP contribution in [-0.2, 0) is 10.0 Å². The number of amides is 2. The van der Waals surface area contributed by atoms with Crippen molar-refractivity contribution in [1.29, 1.82) is 0 Å². The Labute approximate surface area is 210 Å². The minimum absolute atomic E-state index is 0.0776. The van der Waals surface area contributed by atoms with Gasteiger partial charge in [0.05, 0.1) is 20.0 Å². The van der Waals surface area contributed by atoms with Crippen molar-refractivity contribution in [1.82, 2.24) is 19.8 Å². The molecule has 0 unspecified atom stereocenters. The Morgan fingerprint density at radius 2 is 1.68 bits per heavy atom. The molecule has 12 heteroatoms. The number of halogens is 2. The van der Waals surface area contributed by atoms with Crippen molar-refractivity contribution in [3.8, 4) is 0 Å². The lowest BCUT2D eigenvalue weighted by atomic mass is 10.1. The lowest BCUT2D eigenvalue weighted by molar-refractivity contribution is 0.0917. The van der Waals surface area contributed by atoms with E-state index in [1.807, 2.05) is 0 Å². The summed E-state index contributed by atoms with van der Waals surface area (Å²) in [5.41, 5.74) is 0.364. The number of sulfonamides is 1. The van der Waals surface area contributed by atoms with Gasteiger partial charge in [-0.3, -0.25) is 14.7 Å². The van der Waals surface area contributed by atoms with Gasteiger partial charge in [-0.25, -0.2) is 8.42 Å². The fourth-order valence-electron chi connectivity index (χ4n) is 3.62. The van der Waals surface area contributed by atoms with Crippen molar-refractivity contribution < 1.29 is 18.0 Å². The molecule has 3 N–H and O–H groups in total. The molecule has 0 atom stereocenters. The molecule has 0 bridgehead atoms. The average Bonchev–Trinajstić information content (AvgIpc) is 3.20. The predicted octanol–water partition coefficient (Wildman–Crippen LogP) is 3.66. The number of hydrogen-bond acceptors (Lipinski definition) is 5. The van der Waals surface area contributed by atoms with Gasteiger partial charge in [-0.15, -0.1) is 0 Å². The van der Waals surface area contributed by atoms with Gasteiger partial charge in [-0.05, 0) is 53.0 Å². The first-order chi connectivity index (χ1) is 16.3. The van der Waals surface area contributed by atoms with Crippen LogP contribution in [0.4, 0.5) is 5.82 Å². The van der Waals surface area contributed by atoms with Crippen LogP contribution in [0.5, 0.6) is 0 Å². The summed E-state index contributed by atoms with van der Waals surface area (Å²) >= 11 is 9.37. The molecule has 0 aliphatic carbocycles. The Bertz CT molecular complexity index is 1310. The van der Waals surface area contributed by atoms with E-state index in [4.69, 9.17) is 11.6 Å². The first-order valence-electron chi connectivity index (χ1n) is 10.4. The molecule has 178 valence electrons. The van der Waals surface area contributed by atoms with E-state index in [1.165, 1.54) is 4.31 Å². The third-order valence-electron chi connectivity index (χ3n) is 5.45. The topological polar surface area (TPSA) is 124 Å². The summed E-state index contributed by atoms with van der Waals surface area (Å²) in [4.78, 5) is 25.5. The molecule has 1 fully saturated rings. The lowest BCUT2D eigenvalue weighted by Crippen LogP contribution is -2.46. The second kappa shape index (κ2) is 10.3. The molecule has 0 spiro atoms. The summed E-state index contributed by atoms with van der Waals surface area (Å²) in [6.45, 7) is 0.589. The molecule has 0 saturated carbocycles. The molecule has 9 nitrogen and oxygen atoms in total. The number of carbonyl (C=O) groups is 2. The maximum absolute atomic E-state index is 12.8. The Hall–Kier alpha value is -2.73. The largest absolute Gasteiger partial charge is 0.348 e. The molecule has 34 heavy (non-hydrogen) atoms. The molecule has 2 amide bonds. The van der Waals surface area contributed by atoms with Gasteiger partial charge in [0, 0.05) is 19.1 Å². The monoisotopic (exact) mass is 565 g/mol. The number of benzene rings is 2. The highest BCUT2D eigenvalue weighted by molar-refractivity contribution is 9.10. The normalized spacial score (nSPS) is 15.1. The number of carbonyl (C=O) groups excluding carboxylic acids is 2. The molecule has 2 heterocycles. The van der Waals surface area contributed by atoms with E-state index in [-0.39, 0.29) is 28.0 Å². The van der Waals surface area contributed by atoms with Crippen LogP contribution in [0.1, 0.15) is 33.7 Å². The first-order valence-corrected chi connectivity index (χ1v) is 13.0. The van der Waals surface area contributed by atoms with Crippen LogP contribution in [-0.4, -0.2) is 53.9 Å². The SMILES string of the molecule is O=C(Nc1[nH]nc(C(=O)NC2CCN(S(=O)(=O)c3ccccc3)CC2)c1Br)c1ccccc1Cl. The maximum atomic E-state index is 12.8. The van der Waals surface area contributed by atoms with Crippen LogP contribution in [0.3, 0.4) is 0 Å². The number of hydrogen-bond donors (Lipinski definition) is 3. The maximum Gasteiger partial charge on any atom is 0.273 e. The fourth-order valence-corrected chi connectivity index (χ4v) is 5.79. The summed E-state index contributed by atoms with van der Waals surface area (Å²) in [6, 6.07) is 14.7. The van der Waals surface area contributed by atoms with Crippen LogP contribution in [0.25, 0.3) is 0 Å². The highest BCUT2D eigenvalue weighted by atomic mass is 79.9. The van der Waals surface area contributed by atoms with Crippen molar-refractivity contribution in [3.05, 3.63) is 75.4 Å². The zero-order valence-electron chi connectivity index (χ0n) is 17.8. The third-order valence-corrected chi connectivity index (χ3v) is 8.46. The number of piperidine rings is 1. The van der Waals surface area contributed by atoms with Crippen LogP contribution >= 0.6 is 27.5 Å². The third kappa shape index (κ3) is 5.17. The summed E-state index contributed by atoms with van der Waals surface area (Å²) in [5, 5.41) is 12.5. The van der Waals surface area contributed by atoms with Gasteiger partial charge >= 0.3 is 0 Å². The van der Waals surface area contributed by atoms with Gasteiger partial charge in [0.25, 0.3) is 11.8 Å². The molecule has 3 aromatic rings. The zero-order chi connectivity index (χ0) is 24.3. The van der Waals surface area contributed by atoms with Gasteiger partial charge in [-0.2, -0.15) is 9.40 Å². The van der Waals surface area contributed by atoms with E-state index in [9.17, 15) is 18.0 Å². The molecular weight excluding hydrogens is 546 g/mol. The van der Waals surface area contributed by atoms with E-state index in [2.05, 4.69) is 36.8 Å². The summed E-state index contributed by atoms with van der Waals surface area (Å²) in [7, 11) is -3.56. The van der Waals surface area contributed by atoms with Crippen LogP contribution in [0.15, 0.2) is 64.0 Å². The Morgan fingerprint density at radius 3 is 2.35 bits per heavy atom. The lowest BCUT2D eigenvalue weighted by Gasteiger charge is -2.31. The molecule has 4 rings (SSSR count). The molecule has 2 aromatic carbocycles. The number of nitrogens with one attached hydrogen (secondary N) is 3. The first kappa shape index (κ1) is 24.4. The number of aromatic amines is 1. The van der Waals surface area contributed by atoms with E-state index < -0.39 is 21.8 Å². The van der Waals surface area contributed by atoms with Crippen molar-refractivity contribution in [2.45, 2.75) is 23.8 Å². The minimum atomic E-state index is -3.56. The minimum Gasteiger partial charge on any atom is -0.348 e. The molecule has 1 aromatic heterocycles. The van der Waals surface area contributed by atoms with E-state index >= 15 is 0 Å². The standard InChI is InChI=1S/C22H21BrClN5O4S/c23-18-19(27-28-20(18)26-21(30)16-8-4-5-9-17(16)24)22(31)25-14-10-12-29(13-11-14)34(32,33)15-6-2-1-3-7-15/h1-9,14H,10-13H2,(H,25,31)(H2,26,27,28,30). The Balaban J connectivity index is 1.36. The van der Waals surface area contributed by atoms with Crippen molar-refractivity contribution >= 4 is 55.2 Å². The van der Waals surface area contributed by atoms with Crippen LogP contribution in [0, 0.1) is 0 Å². The number of anilines is 1. The summed E-state index contributed by atoms with van der Waals surface area (Å²) < 4.78 is 27.3. The predicted molar refractivity (Wildman–Crippen MR) is 131 cm³/mol. The second-order valence-corrected chi connectivity index (χ2v) is 10.8. The molecule has 1 aliphatic heterocycles. The van der Waals surface area contributed by atoms with Crippen molar-refractivity contribution in [2.24, 2.45) is 0 Å². The smallest absolute Gasteiger partial charge is 0.273 e. The Kier molecular flexibility index (Phi) is 7.36. The van der Waals surface area contributed by atoms with Gasteiger partial charge in [0.15, 0.2) is 5.69 Å². The summed E-state index contributed by atoms with van der Waals surface area (Å²) in [6.07, 6.45) is 0.936. The van der Waals surface area contributed by atoms with Crippen LogP contribution < -0.4 is 10.6 Å². The fraction of sp³-hybridized carbons (Fsp3) is 0.227. The summed E-state index contributed by atoms with van der Waals surface area (Å²) in [5.74, 6) is -0.668. The highest BCUT2D eigenvalue weighted by Crippen LogP contribution is 2.26. The molecule has 1 aliphatic rings. The number of rotatable bonds is 6. The van der Waals surface area contributed by atoms with Gasteiger partial charge in [0.1, 0.15) is 5.82 Å². The molecule has 0 radical (unpaired) electrons. The van der Waals surface area contributed by atoms with Crippen molar-refractivity contribution in [2.75, 3.05) is 18.4 Å². The van der Waals surface area contributed by atoms with Gasteiger partial charge in [-0.1, -0.05) is 41.9 Å². The van der Waals surface area contributed by atoms with E-state index in [0.717, 1.165) is 0 Å². The zero-order valence-corrected chi connectivity index (χ0v) is 21.0. The second-order valence-electron chi connectivity index (χ2n) is 7.66. The Morgan fingerprint density at radius 1 is 1.03 bits per heavy atom. The van der Waals surface area contributed by atoms with Crippen molar-refractivity contribution in [3.63, 3.8) is 0 Å². The average molecular weight is 567 g/mol. The number of H-pyrrole nitrogens is 1. The molecule has 1 saturated heterocycles. The van der Waals surface area contributed by atoms with Gasteiger partial charge in [0.2, 0.25) is 10.0 Å².